The van der Waals surface area contributed by atoms with Crippen LogP contribution in [-0.4, -0.2) is 30.4 Å². The average molecular weight is 206 g/mol. The number of esters is 2. The lowest BCUT2D eigenvalue weighted by Crippen LogP contribution is -2.22. The van der Waals surface area contributed by atoms with Crippen LogP contribution in [0.5, 0.6) is 0 Å². The minimum atomic E-state index is -0.723. The maximum Gasteiger partial charge on any atom is 0.319 e. The molecule has 0 fully saturated rings. The lowest BCUT2D eigenvalue weighted by Gasteiger charge is -2.08. The van der Waals surface area contributed by atoms with E-state index in [0.717, 1.165) is 0 Å². The molecule has 0 rings (SSSR count). The van der Waals surface area contributed by atoms with Crippen LogP contribution in [0.25, 0.3) is 0 Å². The van der Waals surface area contributed by atoms with Gasteiger partial charge in [0.1, 0.15) is 5.25 Å². The first-order valence-corrected chi connectivity index (χ1v) is 4.63. The standard InChI is InChI=1S/C8H14O4S/c1-3-11-7(9)5-6(13)8(10)12-4-2/h6,13H,3-5H2,1-2H3/t6-/m0/s1. The van der Waals surface area contributed by atoms with E-state index >= 15 is 0 Å². The maximum absolute atomic E-state index is 11.0. The molecule has 0 aromatic heterocycles. The molecule has 0 heterocycles. The van der Waals surface area contributed by atoms with Crippen LogP contribution in [0.4, 0.5) is 0 Å². The van der Waals surface area contributed by atoms with Gasteiger partial charge < -0.3 is 9.47 Å². The van der Waals surface area contributed by atoms with Crippen molar-refractivity contribution in [2.24, 2.45) is 0 Å². The molecule has 0 radical (unpaired) electrons. The number of hydrogen-bond acceptors (Lipinski definition) is 5. The highest BCUT2D eigenvalue weighted by atomic mass is 32.1. The van der Waals surface area contributed by atoms with Crippen LogP contribution >= 0.6 is 12.6 Å². The fourth-order valence-corrected chi connectivity index (χ4v) is 0.923. The summed E-state index contributed by atoms with van der Waals surface area (Å²) >= 11 is 3.92. The molecule has 0 N–H and O–H groups in total. The van der Waals surface area contributed by atoms with Crippen LogP contribution in [0.1, 0.15) is 20.3 Å². The molecule has 0 saturated heterocycles. The van der Waals surface area contributed by atoms with Gasteiger partial charge in [0.05, 0.1) is 19.6 Å². The largest absolute Gasteiger partial charge is 0.466 e. The SMILES string of the molecule is CCOC(=O)C[C@H](S)C(=O)OCC. The molecule has 13 heavy (non-hydrogen) atoms. The molecule has 0 aromatic carbocycles. The Morgan fingerprint density at radius 2 is 1.77 bits per heavy atom. The molecule has 1 atom stereocenters. The van der Waals surface area contributed by atoms with E-state index in [9.17, 15) is 9.59 Å². The highest BCUT2D eigenvalue weighted by molar-refractivity contribution is 7.81. The summed E-state index contributed by atoms with van der Waals surface area (Å²) in [5.41, 5.74) is 0. The molecule has 0 saturated carbocycles. The Hall–Kier alpha value is -0.710. The maximum atomic E-state index is 11.0. The summed E-state index contributed by atoms with van der Waals surface area (Å²) in [6.45, 7) is 4.00. The molecule has 0 amide bonds. The molecule has 0 aliphatic heterocycles. The number of rotatable bonds is 5. The predicted octanol–water partition coefficient (Wildman–Crippen LogP) is 0.801. The number of thiol groups is 1. The van der Waals surface area contributed by atoms with Crippen LogP contribution in [0, 0.1) is 0 Å². The Labute approximate surface area is 83.0 Å². The van der Waals surface area contributed by atoms with Crippen LogP contribution in [0.3, 0.4) is 0 Å². The Morgan fingerprint density at radius 1 is 1.23 bits per heavy atom. The molecule has 0 unspecified atom stereocenters. The van der Waals surface area contributed by atoms with Crippen molar-refractivity contribution in [1.82, 2.24) is 0 Å². The van der Waals surface area contributed by atoms with E-state index in [0.29, 0.717) is 13.2 Å². The first-order valence-electron chi connectivity index (χ1n) is 4.12. The first kappa shape index (κ1) is 12.3. The van der Waals surface area contributed by atoms with Crippen LogP contribution < -0.4 is 0 Å². The van der Waals surface area contributed by atoms with E-state index in [2.05, 4.69) is 22.1 Å². The van der Waals surface area contributed by atoms with Gasteiger partial charge in [0.15, 0.2) is 0 Å². The smallest absolute Gasteiger partial charge is 0.319 e. The normalized spacial score (nSPS) is 11.9. The van der Waals surface area contributed by atoms with Crippen molar-refractivity contribution in [1.29, 1.82) is 0 Å². The third-order valence-electron chi connectivity index (χ3n) is 1.22. The highest BCUT2D eigenvalue weighted by Crippen LogP contribution is 2.05. The molecule has 0 aromatic rings. The molecule has 0 aliphatic carbocycles. The lowest BCUT2D eigenvalue weighted by atomic mass is 10.3. The Bertz CT molecular complexity index is 181. The van der Waals surface area contributed by atoms with E-state index < -0.39 is 17.2 Å². The summed E-state index contributed by atoms with van der Waals surface area (Å²) < 4.78 is 9.30. The van der Waals surface area contributed by atoms with Gasteiger partial charge >= 0.3 is 11.9 Å². The minimum absolute atomic E-state index is 0.0458. The van der Waals surface area contributed by atoms with E-state index in [1.165, 1.54) is 0 Å². The van der Waals surface area contributed by atoms with Crippen molar-refractivity contribution in [3.63, 3.8) is 0 Å². The molecule has 0 aliphatic rings. The topological polar surface area (TPSA) is 52.6 Å². The van der Waals surface area contributed by atoms with Gasteiger partial charge in [-0.3, -0.25) is 9.59 Å². The van der Waals surface area contributed by atoms with E-state index in [1.807, 2.05) is 0 Å². The zero-order valence-corrected chi connectivity index (χ0v) is 8.67. The summed E-state index contributed by atoms with van der Waals surface area (Å²) in [5.74, 6) is -0.922. The molecule has 0 spiro atoms. The molecule has 5 heteroatoms. The van der Waals surface area contributed by atoms with E-state index in [-0.39, 0.29) is 6.42 Å². The van der Waals surface area contributed by atoms with Gasteiger partial charge in [0.2, 0.25) is 0 Å². The second-order valence-electron chi connectivity index (χ2n) is 2.28. The third kappa shape index (κ3) is 5.52. The third-order valence-corrected chi connectivity index (χ3v) is 1.62. The molecular formula is C8H14O4S. The van der Waals surface area contributed by atoms with Crippen LogP contribution in [0.15, 0.2) is 0 Å². The van der Waals surface area contributed by atoms with Crippen molar-refractivity contribution in [3.05, 3.63) is 0 Å². The van der Waals surface area contributed by atoms with Crippen molar-refractivity contribution in [2.45, 2.75) is 25.5 Å². The quantitative estimate of drug-likeness (QED) is 0.534. The average Bonchev–Trinajstić information content (AvgIpc) is 2.05. The highest BCUT2D eigenvalue weighted by Gasteiger charge is 2.19. The number of carbonyl (C=O) groups is 2. The molecule has 76 valence electrons. The zero-order chi connectivity index (χ0) is 10.3. The van der Waals surface area contributed by atoms with Gasteiger partial charge in [0.25, 0.3) is 0 Å². The van der Waals surface area contributed by atoms with Crippen molar-refractivity contribution in [3.8, 4) is 0 Å². The second kappa shape index (κ2) is 6.77. The number of ether oxygens (including phenoxy) is 2. The Kier molecular flexibility index (Phi) is 6.40. The van der Waals surface area contributed by atoms with Crippen LogP contribution in [0.2, 0.25) is 0 Å². The molecule has 4 nitrogen and oxygen atoms in total. The summed E-state index contributed by atoms with van der Waals surface area (Å²) in [6.07, 6.45) is -0.0458. The fraction of sp³-hybridized carbons (Fsp3) is 0.750. The summed E-state index contributed by atoms with van der Waals surface area (Å²) in [4.78, 5) is 21.9. The monoisotopic (exact) mass is 206 g/mol. The van der Waals surface area contributed by atoms with E-state index in [4.69, 9.17) is 0 Å². The van der Waals surface area contributed by atoms with Crippen LogP contribution in [-0.2, 0) is 19.1 Å². The molecule has 0 bridgehead atoms. The van der Waals surface area contributed by atoms with Gasteiger partial charge in [-0.05, 0) is 13.8 Å². The number of carbonyl (C=O) groups excluding carboxylic acids is 2. The van der Waals surface area contributed by atoms with Gasteiger partial charge in [-0.1, -0.05) is 0 Å². The Balaban J connectivity index is 3.78. The number of hydrogen-bond donors (Lipinski definition) is 1. The van der Waals surface area contributed by atoms with E-state index in [1.54, 1.807) is 13.8 Å². The van der Waals surface area contributed by atoms with Gasteiger partial charge in [-0.25, -0.2) is 0 Å². The molecular weight excluding hydrogens is 192 g/mol. The minimum Gasteiger partial charge on any atom is -0.466 e. The second-order valence-corrected chi connectivity index (χ2v) is 2.90. The van der Waals surface area contributed by atoms with Gasteiger partial charge in [-0.15, -0.1) is 0 Å². The van der Waals surface area contributed by atoms with Gasteiger partial charge in [0, 0.05) is 0 Å². The summed E-state index contributed by atoms with van der Waals surface area (Å²) in [6, 6.07) is 0. The van der Waals surface area contributed by atoms with Gasteiger partial charge in [-0.2, -0.15) is 12.6 Å². The summed E-state index contributed by atoms with van der Waals surface area (Å²) in [7, 11) is 0. The summed E-state index contributed by atoms with van der Waals surface area (Å²) in [5, 5.41) is -0.723. The zero-order valence-electron chi connectivity index (χ0n) is 7.78. The van der Waals surface area contributed by atoms with Crippen molar-refractivity contribution in [2.75, 3.05) is 13.2 Å². The van der Waals surface area contributed by atoms with Crippen molar-refractivity contribution >= 4 is 24.6 Å². The van der Waals surface area contributed by atoms with Crippen molar-refractivity contribution < 1.29 is 19.1 Å². The lowest BCUT2D eigenvalue weighted by molar-refractivity contribution is -0.149. The predicted molar refractivity (Wildman–Crippen MR) is 50.7 cm³/mol. The Morgan fingerprint density at radius 3 is 2.23 bits per heavy atom. The first-order chi connectivity index (χ1) is 6.11. The fourth-order valence-electron chi connectivity index (χ4n) is 0.700.